The number of nitrogens with one attached hydrogen (secondary N) is 1. The summed E-state index contributed by atoms with van der Waals surface area (Å²) in [5, 5.41) is 8.41. The fourth-order valence-corrected chi connectivity index (χ4v) is 1.16. The molecule has 0 fully saturated rings. The third kappa shape index (κ3) is 2.37. The maximum atomic E-state index is 13.2. The van der Waals surface area contributed by atoms with Gasteiger partial charge in [-0.2, -0.15) is 5.48 Å². The minimum absolute atomic E-state index is 0.651. The standard InChI is InChI=1S/C9H7F4NO3/c1-17-14-2-3-5(10)7(12)4(9(15)16)8(13)6(3)11/h14H,2H2,1H3,(H,15,16). The number of hydrogen-bond donors (Lipinski definition) is 2. The van der Waals surface area contributed by atoms with Gasteiger partial charge in [-0.1, -0.05) is 0 Å². The molecule has 94 valence electrons. The molecular formula is C9H7F4NO3. The predicted octanol–water partition coefficient (Wildman–Crippen LogP) is 1.59. The van der Waals surface area contributed by atoms with Crippen LogP contribution in [0.15, 0.2) is 0 Å². The zero-order valence-corrected chi connectivity index (χ0v) is 8.48. The van der Waals surface area contributed by atoms with E-state index in [1.807, 2.05) is 5.48 Å². The van der Waals surface area contributed by atoms with E-state index in [1.54, 1.807) is 0 Å². The molecule has 0 aliphatic carbocycles. The smallest absolute Gasteiger partial charge is 0.341 e. The van der Waals surface area contributed by atoms with E-state index >= 15 is 0 Å². The highest BCUT2D eigenvalue weighted by molar-refractivity contribution is 5.88. The third-order valence-corrected chi connectivity index (χ3v) is 1.96. The van der Waals surface area contributed by atoms with Crippen LogP contribution in [0.5, 0.6) is 0 Å². The Morgan fingerprint density at radius 3 is 2.00 bits per heavy atom. The zero-order valence-electron chi connectivity index (χ0n) is 8.48. The minimum atomic E-state index is -2.09. The van der Waals surface area contributed by atoms with Crippen molar-refractivity contribution in [3.63, 3.8) is 0 Å². The molecule has 4 nitrogen and oxygen atoms in total. The molecule has 0 aliphatic rings. The molecule has 1 aromatic rings. The van der Waals surface area contributed by atoms with Crippen LogP contribution in [0.25, 0.3) is 0 Å². The molecule has 0 unspecified atom stereocenters. The Hall–Kier alpha value is -1.67. The van der Waals surface area contributed by atoms with Crippen LogP contribution in [-0.2, 0) is 11.4 Å². The molecule has 0 aliphatic heterocycles. The number of aromatic carboxylic acids is 1. The van der Waals surface area contributed by atoms with Crippen LogP contribution in [0.3, 0.4) is 0 Å². The summed E-state index contributed by atoms with van der Waals surface area (Å²) in [6, 6.07) is 0. The minimum Gasteiger partial charge on any atom is -0.477 e. The molecule has 17 heavy (non-hydrogen) atoms. The Morgan fingerprint density at radius 2 is 1.65 bits per heavy atom. The molecule has 0 amide bonds. The molecule has 1 aromatic carbocycles. The fraction of sp³-hybridized carbons (Fsp3) is 0.222. The second-order valence-electron chi connectivity index (χ2n) is 2.94. The molecule has 0 saturated carbocycles. The molecule has 1 rings (SSSR count). The van der Waals surface area contributed by atoms with Crippen molar-refractivity contribution in [3.8, 4) is 0 Å². The first kappa shape index (κ1) is 13.4. The molecular weight excluding hydrogens is 246 g/mol. The summed E-state index contributed by atoms with van der Waals surface area (Å²) in [4.78, 5) is 14.7. The van der Waals surface area contributed by atoms with Gasteiger partial charge in [0, 0.05) is 5.56 Å². The summed E-state index contributed by atoms with van der Waals surface area (Å²) < 4.78 is 52.8. The van der Waals surface area contributed by atoms with Crippen LogP contribution in [-0.4, -0.2) is 18.2 Å². The molecule has 8 heteroatoms. The lowest BCUT2D eigenvalue weighted by molar-refractivity contribution is 0.0682. The number of carboxylic acids is 1. The molecule has 0 atom stereocenters. The van der Waals surface area contributed by atoms with Crippen LogP contribution in [0, 0.1) is 23.3 Å². The summed E-state index contributed by atoms with van der Waals surface area (Å²) in [5.41, 5.74) is -0.657. The molecule has 0 bridgehead atoms. The first-order chi connectivity index (χ1) is 7.91. The zero-order chi connectivity index (χ0) is 13.2. The van der Waals surface area contributed by atoms with Gasteiger partial charge in [-0.15, -0.1) is 0 Å². The molecule has 0 aromatic heterocycles. The number of benzene rings is 1. The van der Waals surface area contributed by atoms with Gasteiger partial charge in [-0.3, -0.25) is 0 Å². The number of carboxylic acid groups (broad SMARTS) is 1. The van der Waals surface area contributed by atoms with Crippen molar-refractivity contribution in [3.05, 3.63) is 34.4 Å². The maximum absolute atomic E-state index is 13.2. The topological polar surface area (TPSA) is 58.6 Å². The summed E-state index contributed by atoms with van der Waals surface area (Å²) in [6.45, 7) is -0.651. The quantitative estimate of drug-likeness (QED) is 0.486. The number of rotatable bonds is 4. The van der Waals surface area contributed by atoms with E-state index in [2.05, 4.69) is 4.84 Å². The van der Waals surface area contributed by atoms with E-state index < -0.39 is 46.9 Å². The molecule has 0 radical (unpaired) electrons. The van der Waals surface area contributed by atoms with Crippen LogP contribution >= 0.6 is 0 Å². The van der Waals surface area contributed by atoms with Crippen molar-refractivity contribution in [1.82, 2.24) is 5.48 Å². The van der Waals surface area contributed by atoms with Gasteiger partial charge >= 0.3 is 5.97 Å². The van der Waals surface area contributed by atoms with E-state index in [1.165, 1.54) is 0 Å². The summed E-state index contributed by atoms with van der Waals surface area (Å²) in [7, 11) is 1.13. The maximum Gasteiger partial charge on any atom is 0.341 e. The van der Waals surface area contributed by atoms with Gasteiger partial charge in [0.05, 0.1) is 13.7 Å². The van der Waals surface area contributed by atoms with Crippen molar-refractivity contribution in [1.29, 1.82) is 0 Å². The SMILES string of the molecule is CONCc1c(F)c(F)c(C(=O)O)c(F)c1F. The number of carbonyl (C=O) groups is 1. The first-order valence-electron chi connectivity index (χ1n) is 4.25. The lowest BCUT2D eigenvalue weighted by atomic mass is 10.1. The molecule has 2 N–H and O–H groups in total. The second-order valence-corrected chi connectivity index (χ2v) is 2.94. The molecule has 0 spiro atoms. The van der Waals surface area contributed by atoms with Crippen LogP contribution in [0.4, 0.5) is 17.6 Å². The highest BCUT2D eigenvalue weighted by atomic mass is 19.2. The molecule has 0 saturated heterocycles. The Labute approximate surface area is 92.8 Å². The summed E-state index contributed by atoms with van der Waals surface area (Å²) in [5.74, 6) is -9.55. The third-order valence-electron chi connectivity index (χ3n) is 1.96. The fourth-order valence-electron chi connectivity index (χ4n) is 1.16. The largest absolute Gasteiger partial charge is 0.477 e. The van der Waals surface area contributed by atoms with E-state index in [0.29, 0.717) is 0 Å². The van der Waals surface area contributed by atoms with E-state index in [0.717, 1.165) is 7.11 Å². The normalized spacial score (nSPS) is 10.6. The van der Waals surface area contributed by atoms with Gasteiger partial charge < -0.3 is 9.94 Å². The van der Waals surface area contributed by atoms with Crippen LogP contribution in [0.2, 0.25) is 0 Å². The first-order valence-corrected chi connectivity index (χ1v) is 4.25. The van der Waals surface area contributed by atoms with E-state index in [9.17, 15) is 22.4 Å². The van der Waals surface area contributed by atoms with Crippen molar-refractivity contribution in [2.45, 2.75) is 6.54 Å². The summed E-state index contributed by atoms with van der Waals surface area (Å²) in [6.07, 6.45) is 0. The van der Waals surface area contributed by atoms with Gasteiger partial charge in [0.1, 0.15) is 5.56 Å². The van der Waals surface area contributed by atoms with Crippen molar-refractivity contribution in [2.24, 2.45) is 0 Å². The predicted molar refractivity (Wildman–Crippen MR) is 47.1 cm³/mol. The summed E-state index contributed by atoms with van der Waals surface area (Å²) >= 11 is 0. The Morgan fingerprint density at radius 1 is 1.18 bits per heavy atom. The Bertz CT molecular complexity index is 435. The van der Waals surface area contributed by atoms with Gasteiger partial charge in [0.15, 0.2) is 23.3 Å². The number of hydrogen-bond acceptors (Lipinski definition) is 3. The lowest BCUT2D eigenvalue weighted by Gasteiger charge is -2.09. The number of hydroxylamine groups is 1. The highest BCUT2D eigenvalue weighted by Crippen LogP contribution is 2.24. The van der Waals surface area contributed by atoms with Crippen molar-refractivity contribution >= 4 is 5.97 Å². The van der Waals surface area contributed by atoms with Gasteiger partial charge in [0.25, 0.3) is 0 Å². The average Bonchev–Trinajstić information content (AvgIpc) is 2.26. The van der Waals surface area contributed by atoms with Crippen LogP contribution < -0.4 is 5.48 Å². The number of halogens is 4. The van der Waals surface area contributed by atoms with Crippen LogP contribution in [0.1, 0.15) is 15.9 Å². The van der Waals surface area contributed by atoms with Gasteiger partial charge in [-0.05, 0) is 0 Å². The van der Waals surface area contributed by atoms with Crippen molar-refractivity contribution < 1.29 is 32.3 Å². The lowest BCUT2D eigenvalue weighted by Crippen LogP contribution is -2.18. The van der Waals surface area contributed by atoms with Crippen molar-refractivity contribution in [2.75, 3.05) is 7.11 Å². The van der Waals surface area contributed by atoms with E-state index in [-0.39, 0.29) is 0 Å². The Kier molecular flexibility index (Phi) is 4.02. The molecule has 0 heterocycles. The van der Waals surface area contributed by atoms with Gasteiger partial charge in [-0.25, -0.2) is 22.4 Å². The van der Waals surface area contributed by atoms with Gasteiger partial charge in [0.2, 0.25) is 0 Å². The van der Waals surface area contributed by atoms with E-state index in [4.69, 9.17) is 5.11 Å². The monoisotopic (exact) mass is 253 g/mol. The Balaban J connectivity index is 3.41. The highest BCUT2D eigenvalue weighted by Gasteiger charge is 2.28. The second kappa shape index (κ2) is 5.11. The average molecular weight is 253 g/mol.